The van der Waals surface area contributed by atoms with E-state index in [1.165, 1.54) is 6.92 Å². The molecule has 1 unspecified atom stereocenters. The molecule has 4 nitrogen and oxygen atoms in total. The maximum Gasteiger partial charge on any atom is 0.417 e. The summed E-state index contributed by atoms with van der Waals surface area (Å²) in [6.45, 7) is 4.53. The number of ether oxygens (including phenoxy) is 1. The molecule has 0 bridgehead atoms. The van der Waals surface area contributed by atoms with E-state index in [-0.39, 0.29) is 0 Å². The van der Waals surface area contributed by atoms with Crippen molar-refractivity contribution in [2.45, 2.75) is 39.1 Å². The zero-order valence-corrected chi connectivity index (χ0v) is 10.7. The maximum absolute atomic E-state index is 12.5. The van der Waals surface area contributed by atoms with Gasteiger partial charge in [0.05, 0.1) is 11.7 Å². The normalized spacial score (nSPS) is 13.4. The summed E-state index contributed by atoms with van der Waals surface area (Å²) in [7, 11) is 0. The number of aromatic nitrogens is 1. The molecule has 0 aliphatic rings. The third-order valence-electron chi connectivity index (χ3n) is 2.38. The molecule has 1 rings (SSSR count). The first-order valence-corrected chi connectivity index (χ1v) is 5.63. The highest BCUT2D eigenvalue weighted by atomic mass is 19.4. The fourth-order valence-corrected chi connectivity index (χ4v) is 1.42. The second-order valence-corrected chi connectivity index (χ2v) is 4.32. The number of esters is 1. The van der Waals surface area contributed by atoms with Crippen LogP contribution in [0.15, 0.2) is 23.1 Å². The highest BCUT2D eigenvalue weighted by molar-refractivity contribution is 5.73. The van der Waals surface area contributed by atoms with Gasteiger partial charge in [-0.15, -0.1) is 0 Å². The van der Waals surface area contributed by atoms with E-state index in [2.05, 4.69) is 0 Å². The number of carbonyl (C=O) groups is 1. The predicted octanol–water partition coefficient (Wildman–Crippen LogP) is 2.38. The highest BCUT2D eigenvalue weighted by Gasteiger charge is 2.32. The van der Waals surface area contributed by atoms with E-state index in [0.29, 0.717) is 16.8 Å². The van der Waals surface area contributed by atoms with Crippen LogP contribution in [0.25, 0.3) is 0 Å². The lowest BCUT2D eigenvalue weighted by atomic mass is 10.2. The van der Waals surface area contributed by atoms with Crippen molar-refractivity contribution < 1.29 is 22.7 Å². The smallest absolute Gasteiger partial charge is 0.417 e. The van der Waals surface area contributed by atoms with Gasteiger partial charge in [-0.25, -0.2) is 4.79 Å². The monoisotopic (exact) mass is 277 g/mol. The number of hydrogen-bond acceptors (Lipinski definition) is 3. The molecule has 0 spiro atoms. The van der Waals surface area contributed by atoms with E-state index in [1.807, 2.05) is 0 Å². The molecule has 1 heterocycles. The summed E-state index contributed by atoms with van der Waals surface area (Å²) in [6.07, 6.45) is -4.36. The Kier molecular flexibility index (Phi) is 4.39. The number of alkyl halides is 3. The van der Waals surface area contributed by atoms with E-state index >= 15 is 0 Å². The molecule has 0 amide bonds. The van der Waals surface area contributed by atoms with Crippen molar-refractivity contribution in [2.24, 2.45) is 0 Å². The lowest BCUT2D eigenvalue weighted by molar-refractivity contribution is -0.151. The third-order valence-corrected chi connectivity index (χ3v) is 2.38. The molecule has 0 aliphatic heterocycles. The molecule has 1 aromatic rings. The van der Waals surface area contributed by atoms with Crippen LogP contribution in [0.5, 0.6) is 0 Å². The first-order chi connectivity index (χ1) is 8.62. The molecule has 19 heavy (non-hydrogen) atoms. The summed E-state index contributed by atoms with van der Waals surface area (Å²) < 4.78 is 43.2. The second-order valence-electron chi connectivity index (χ2n) is 4.32. The molecule has 106 valence electrons. The summed E-state index contributed by atoms with van der Waals surface area (Å²) >= 11 is 0. The Bertz CT molecular complexity index is 520. The maximum atomic E-state index is 12.5. The Morgan fingerprint density at radius 2 is 1.84 bits per heavy atom. The van der Waals surface area contributed by atoms with Crippen LogP contribution in [-0.4, -0.2) is 16.6 Å². The molecule has 1 atom stereocenters. The van der Waals surface area contributed by atoms with Gasteiger partial charge in [0, 0.05) is 12.3 Å². The molecule has 1 aromatic heterocycles. The van der Waals surface area contributed by atoms with E-state index in [0.717, 1.165) is 6.07 Å². The fraction of sp³-hybridized carbons (Fsp3) is 0.500. The Balaban J connectivity index is 3.12. The second kappa shape index (κ2) is 5.46. The van der Waals surface area contributed by atoms with Crippen LogP contribution in [-0.2, 0) is 15.7 Å². The number of pyridine rings is 1. The van der Waals surface area contributed by atoms with E-state index in [4.69, 9.17) is 4.74 Å². The van der Waals surface area contributed by atoms with Crippen LogP contribution in [0.2, 0.25) is 0 Å². The largest absolute Gasteiger partial charge is 0.461 e. The third kappa shape index (κ3) is 3.84. The van der Waals surface area contributed by atoms with Gasteiger partial charge in [0.25, 0.3) is 5.56 Å². The van der Waals surface area contributed by atoms with Crippen LogP contribution in [0, 0.1) is 0 Å². The van der Waals surface area contributed by atoms with Gasteiger partial charge in [-0.05, 0) is 26.8 Å². The van der Waals surface area contributed by atoms with Gasteiger partial charge in [-0.3, -0.25) is 4.79 Å². The van der Waals surface area contributed by atoms with Crippen molar-refractivity contribution in [1.82, 2.24) is 4.57 Å². The summed E-state index contributed by atoms with van der Waals surface area (Å²) in [5.41, 5.74) is -1.68. The minimum absolute atomic E-state index is 0.406. The van der Waals surface area contributed by atoms with Crippen molar-refractivity contribution >= 4 is 5.97 Å². The van der Waals surface area contributed by atoms with Gasteiger partial charge >= 0.3 is 12.1 Å². The van der Waals surface area contributed by atoms with Gasteiger partial charge < -0.3 is 9.30 Å². The molecule has 0 radical (unpaired) electrons. The molecule has 0 N–H and O–H groups in total. The summed E-state index contributed by atoms with van der Waals surface area (Å²) in [5, 5.41) is 0. The summed E-state index contributed by atoms with van der Waals surface area (Å²) in [4.78, 5) is 23.1. The van der Waals surface area contributed by atoms with Crippen molar-refractivity contribution in [2.75, 3.05) is 0 Å². The molecular weight excluding hydrogens is 263 g/mol. The zero-order valence-electron chi connectivity index (χ0n) is 10.7. The topological polar surface area (TPSA) is 48.3 Å². The van der Waals surface area contributed by atoms with Gasteiger partial charge in [0.2, 0.25) is 0 Å². The van der Waals surface area contributed by atoms with Gasteiger partial charge in [-0.2, -0.15) is 13.2 Å². The zero-order chi connectivity index (χ0) is 14.8. The molecule has 0 aliphatic carbocycles. The molecule has 7 heteroatoms. The average Bonchev–Trinajstić information content (AvgIpc) is 2.26. The molecule has 0 aromatic carbocycles. The van der Waals surface area contributed by atoms with Gasteiger partial charge in [-0.1, -0.05) is 0 Å². The van der Waals surface area contributed by atoms with Crippen molar-refractivity contribution in [1.29, 1.82) is 0 Å². The van der Waals surface area contributed by atoms with E-state index in [9.17, 15) is 22.8 Å². The lowest BCUT2D eigenvalue weighted by Crippen LogP contribution is -2.30. The fourth-order valence-electron chi connectivity index (χ4n) is 1.42. The number of halogens is 3. The standard InChI is InChI=1S/C12H14F3NO3/c1-7(2)19-11(18)8(3)16-6-9(12(13,14)15)4-5-10(16)17/h4-8H,1-3H3. The molecular formula is C12H14F3NO3. The average molecular weight is 277 g/mol. The number of carbonyl (C=O) groups excluding carboxylic acids is 1. The lowest BCUT2D eigenvalue weighted by Gasteiger charge is -2.17. The van der Waals surface area contributed by atoms with Gasteiger partial charge in [0.15, 0.2) is 0 Å². The first-order valence-electron chi connectivity index (χ1n) is 5.63. The van der Waals surface area contributed by atoms with Crippen LogP contribution in [0.4, 0.5) is 13.2 Å². The SMILES string of the molecule is CC(C)OC(=O)C(C)n1cc(C(F)(F)F)ccc1=O. The number of nitrogens with zero attached hydrogens (tertiary/aromatic N) is 1. The van der Waals surface area contributed by atoms with Gasteiger partial charge in [0.1, 0.15) is 6.04 Å². The van der Waals surface area contributed by atoms with Crippen molar-refractivity contribution in [3.8, 4) is 0 Å². The van der Waals surface area contributed by atoms with Crippen molar-refractivity contribution in [3.05, 3.63) is 34.2 Å². The van der Waals surface area contributed by atoms with Crippen LogP contribution in [0.1, 0.15) is 32.4 Å². The summed E-state index contributed by atoms with van der Waals surface area (Å²) in [5.74, 6) is -0.753. The quantitative estimate of drug-likeness (QED) is 0.797. The van der Waals surface area contributed by atoms with Crippen LogP contribution >= 0.6 is 0 Å². The van der Waals surface area contributed by atoms with E-state index in [1.54, 1.807) is 13.8 Å². The minimum atomic E-state index is -4.57. The first kappa shape index (κ1) is 15.3. The summed E-state index contributed by atoms with van der Waals surface area (Å²) in [6, 6.07) is 0.346. The molecule has 0 fully saturated rings. The predicted molar refractivity (Wildman–Crippen MR) is 61.6 cm³/mol. The Hall–Kier alpha value is -1.79. The number of hydrogen-bond donors (Lipinski definition) is 0. The van der Waals surface area contributed by atoms with E-state index < -0.39 is 35.4 Å². The number of rotatable bonds is 3. The highest BCUT2D eigenvalue weighted by Crippen LogP contribution is 2.28. The molecule has 0 saturated carbocycles. The Morgan fingerprint density at radius 1 is 1.26 bits per heavy atom. The molecule has 0 saturated heterocycles. The van der Waals surface area contributed by atoms with Crippen molar-refractivity contribution in [3.63, 3.8) is 0 Å². The Morgan fingerprint density at radius 3 is 2.32 bits per heavy atom. The van der Waals surface area contributed by atoms with Crippen LogP contribution in [0.3, 0.4) is 0 Å². The minimum Gasteiger partial charge on any atom is -0.461 e. The Labute approximate surface area is 107 Å². The van der Waals surface area contributed by atoms with Crippen LogP contribution < -0.4 is 5.56 Å².